The molecule has 0 bridgehead atoms. The smallest absolute Gasteiger partial charge is 0.262 e. The Labute approximate surface area is 172 Å². The Bertz CT molecular complexity index is 1140. The fourth-order valence-corrected chi connectivity index (χ4v) is 5.67. The average Bonchev–Trinajstić information content (AvgIpc) is 3.33. The van der Waals surface area contributed by atoms with Gasteiger partial charge < -0.3 is 4.57 Å². The topological polar surface area (TPSA) is 68.1 Å². The van der Waals surface area contributed by atoms with Crippen LogP contribution in [0.2, 0.25) is 0 Å². The molecule has 0 amide bonds. The molecule has 29 heavy (non-hydrogen) atoms. The summed E-state index contributed by atoms with van der Waals surface area (Å²) in [6.45, 7) is 4.58. The van der Waals surface area contributed by atoms with Crippen LogP contribution >= 0.6 is 0 Å². The first-order chi connectivity index (χ1) is 13.8. The van der Waals surface area contributed by atoms with Crippen molar-refractivity contribution in [3.63, 3.8) is 0 Å². The molecule has 6 nitrogen and oxygen atoms in total. The third-order valence-electron chi connectivity index (χ3n) is 5.49. The lowest BCUT2D eigenvalue weighted by atomic mass is 9.99. The Hall–Kier alpha value is -2.51. The number of rotatable bonds is 5. The van der Waals surface area contributed by atoms with Gasteiger partial charge in [0.25, 0.3) is 10.0 Å². The van der Waals surface area contributed by atoms with Crippen LogP contribution in [0.5, 0.6) is 0 Å². The summed E-state index contributed by atoms with van der Waals surface area (Å²) in [5, 5.41) is 0.0969. The van der Waals surface area contributed by atoms with Crippen LogP contribution < -0.4 is 0 Å². The molecule has 3 aromatic rings. The largest absolute Gasteiger partial charge is 0.339 e. The number of sulfonamides is 1. The molecule has 152 valence electrons. The number of nitrogens with zero attached hydrogens (tertiary/aromatic N) is 4. The van der Waals surface area contributed by atoms with Crippen LogP contribution in [0.4, 0.5) is 0 Å². The molecule has 1 saturated heterocycles. The molecule has 0 saturated carbocycles. The van der Waals surface area contributed by atoms with Gasteiger partial charge in [-0.3, -0.25) is 4.98 Å². The average molecular weight is 411 g/mol. The van der Waals surface area contributed by atoms with Gasteiger partial charge in [0.2, 0.25) is 0 Å². The van der Waals surface area contributed by atoms with Crippen molar-refractivity contribution in [1.29, 1.82) is 0 Å². The zero-order chi connectivity index (χ0) is 20.6. The van der Waals surface area contributed by atoms with E-state index in [1.807, 2.05) is 13.0 Å². The van der Waals surface area contributed by atoms with Crippen LogP contribution in [-0.2, 0) is 23.5 Å². The summed E-state index contributed by atoms with van der Waals surface area (Å²) < 4.78 is 29.5. The summed E-state index contributed by atoms with van der Waals surface area (Å²) in [5.41, 5.74) is 5.42. The Kier molecular flexibility index (Phi) is 5.27. The number of hydrogen-bond donors (Lipinski definition) is 0. The lowest BCUT2D eigenvalue weighted by Gasteiger charge is -2.23. The van der Waals surface area contributed by atoms with Gasteiger partial charge >= 0.3 is 0 Å². The monoisotopic (exact) mass is 410 g/mol. The molecule has 0 radical (unpaired) electrons. The van der Waals surface area contributed by atoms with Gasteiger partial charge in [-0.05, 0) is 61.9 Å². The number of aromatic nitrogens is 3. The maximum atomic E-state index is 13.2. The van der Waals surface area contributed by atoms with Crippen LogP contribution in [0.3, 0.4) is 0 Å². The van der Waals surface area contributed by atoms with E-state index in [2.05, 4.69) is 42.2 Å². The first-order valence-electron chi connectivity index (χ1n) is 9.86. The first-order valence-corrected chi connectivity index (χ1v) is 11.3. The van der Waals surface area contributed by atoms with Crippen molar-refractivity contribution in [3.8, 4) is 0 Å². The number of imidazole rings is 1. The molecule has 3 heterocycles. The summed E-state index contributed by atoms with van der Waals surface area (Å²) in [6.07, 6.45) is 5.47. The normalized spacial score (nSPS) is 17.7. The number of hydrogen-bond acceptors (Lipinski definition) is 4. The molecule has 0 unspecified atom stereocenters. The Morgan fingerprint density at radius 1 is 1.17 bits per heavy atom. The van der Waals surface area contributed by atoms with Gasteiger partial charge in [0.1, 0.15) is 0 Å². The predicted molar refractivity (Wildman–Crippen MR) is 112 cm³/mol. The van der Waals surface area contributed by atoms with E-state index in [4.69, 9.17) is 4.98 Å². The Morgan fingerprint density at radius 2 is 1.97 bits per heavy atom. The molecular formula is C22H26N4O2S. The second-order valence-corrected chi connectivity index (χ2v) is 9.63. The van der Waals surface area contributed by atoms with Crippen molar-refractivity contribution in [2.24, 2.45) is 7.05 Å². The van der Waals surface area contributed by atoms with Gasteiger partial charge in [-0.2, -0.15) is 4.31 Å². The third-order valence-corrected chi connectivity index (χ3v) is 7.28. The van der Waals surface area contributed by atoms with Crippen molar-refractivity contribution in [3.05, 3.63) is 77.0 Å². The van der Waals surface area contributed by atoms with Crippen LogP contribution in [0.25, 0.3) is 0 Å². The van der Waals surface area contributed by atoms with Gasteiger partial charge in [0.05, 0.1) is 18.1 Å². The molecule has 1 aliphatic rings. The highest BCUT2D eigenvalue weighted by Crippen LogP contribution is 2.36. The fourth-order valence-electron chi connectivity index (χ4n) is 4.03. The van der Waals surface area contributed by atoms with Crippen LogP contribution in [0, 0.1) is 13.8 Å². The number of pyridine rings is 1. The molecule has 4 rings (SSSR count). The molecule has 0 aliphatic carbocycles. The van der Waals surface area contributed by atoms with E-state index in [-0.39, 0.29) is 11.1 Å². The van der Waals surface area contributed by atoms with E-state index < -0.39 is 10.0 Å². The SMILES string of the molecule is Cc1cc(Cc2ccccc2C)cc([C@H]2CCCN2S(=O)(=O)c2cn(C)cn2)n1. The second kappa shape index (κ2) is 7.72. The predicted octanol–water partition coefficient (Wildman–Crippen LogP) is 3.55. The molecule has 0 spiro atoms. The summed E-state index contributed by atoms with van der Waals surface area (Å²) in [4.78, 5) is 8.78. The van der Waals surface area contributed by atoms with Crippen molar-refractivity contribution in [1.82, 2.24) is 18.8 Å². The molecule has 7 heteroatoms. The highest BCUT2D eigenvalue weighted by atomic mass is 32.2. The van der Waals surface area contributed by atoms with Crippen LogP contribution in [-0.4, -0.2) is 33.8 Å². The molecule has 1 aromatic carbocycles. The van der Waals surface area contributed by atoms with Gasteiger partial charge in [-0.1, -0.05) is 24.3 Å². The molecule has 0 N–H and O–H groups in total. The highest BCUT2D eigenvalue weighted by Gasteiger charge is 2.38. The van der Waals surface area contributed by atoms with E-state index in [1.54, 1.807) is 22.1 Å². The lowest BCUT2D eigenvalue weighted by molar-refractivity contribution is 0.388. The third kappa shape index (κ3) is 3.97. The Morgan fingerprint density at radius 3 is 2.69 bits per heavy atom. The van der Waals surface area contributed by atoms with Gasteiger partial charge in [0, 0.05) is 25.5 Å². The zero-order valence-electron chi connectivity index (χ0n) is 17.0. The quantitative estimate of drug-likeness (QED) is 0.645. The minimum Gasteiger partial charge on any atom is -0.339 e. The molecular weight excluding hydrogens is 384 g/mol. The molecule has 1 fully saturated rings. The second-order valence-electron chi connectivity index (χ2n) is 7.80. The molecule has 2 aromatic heterocycles. The van der Waals surface area contributed by atoms with E-state index in [9.17, 15) is 8.42 Å². The summed E-state index contributed by atoms with van der Waals surface area (Å²) in [5.74, 6) is 0. The van der Waals surface area contributed by atoms with Crippen molar-refractivity contribution < 1.29 is 8.42 Å². The van der Waals surface area contributed by atoms with E-state index in [0.717, 1.165) is 36.2 Å². The van der Waals surface area contributed by atoms with E-state index in [1.165, 1.54) is 17.5 Å². The highest BCUT2D eigenvalue weighted by molar-refractivity contribution is 7.89. The van der Waals surface area contributed by atoms with Crippen LogP contribution in [0.15, 0.2) is 53.9 Å². The van der Waals surface area contributed by atoms with Crippen molar-refractivity contribution in [2.75, 3.05) is 6.54 Å². The summed E-state index contributed by atoms with van der Waals surface area (Å²) in [7, 11) is -1.87. The standard InChI is InChI=1S/C22H26N4O2S/c1-16-7-4-5-8-19(16)12-18-11-17(2)24-20(13-18)21-9-6-10-26(21)29(27,28)22-14-25(3)15-23-22/h4-5,7-8,11,13-15,21H,6,9-10,12H2,1-3H3/t21-/m1/s1. The summed E-state index contributed by atoms with van der Waals surface area (Å²) in [6, 6.07) is 12.2. The maximum Gasteiger partial charge on any atom is 0.262 e. The minimum absolute atomic E-state index is 0.0969. The van der Waals surface area contributed by atoms with Gasteiger partial charge in [0.15, 0.2) is 5.03 Å². The van der Waals surface area contributed by atoms with E-state index >= 15 is 0 Å². The summed E-state index contributed by atoms with van der Waals surface area (Å²) >= 11 is 0. The van der Waals surface area contributed by atoms with Crippen molar-refractivity contribution in [2.45, 2.75) is 44.2 Å². The van der Waals surface area contributed by atoms with Gasteiger partial charge in [-0.25, -0.2) is 13.4 Å². The zero-order valence-corrected chi connectivity index (χ0v) is 17.9. The number of aryl methyl sites for hydroxylation is 3. The first kappa shape index (κ1) is 19.8. The lowest BCUT2D eigenvalue weighted by Crippen LogP contribution is -2.31. The van der Waals surface area contributed by atoms with E-state index in [0.29, 0.717) is 6.54 Å². The van der Waals surface area contributed by atoms with Crippen LogP contribution in [0.1, 0.15) is 47.0 Å². The minimum atomic E-state index is -3.65. The molecule has 1 aliphatic heterocycles. The Balaban J connectivity index is 1.67. The van der Waals surface area contributed by atoms with Crippen molar-refractivity contribution >= 4 is 10.0 Å². The number of benzene rings is 1. The maximum absolute atomic E-state index is 13.2. The van der Waals surface area contributed by atoms with Gasteiger partial charge in [-0.15, -0.1) is 0 Å². The molecule has 1 atom stereocenters. The fraction of sp³-hybridized carbons (Fsp3) is 0.364.